The predicted octanol–water partition coefficient (Wildman–Crippen LogP) is 2.18. The fourth-order valence-corrected chi connectivity index (χ4v) is 1.55. The number of carbonyl (C=O) groups is 1. The molecular formula is C11H17NO2S. The Labute approximate surface area is 94.5 Å². The first kappa shape index (κ1) is 12.2. The summed E-state index contributed by atoms with van der Waals surface area (Å²) in [5, 5.41) is 5.05. The molecule has 15 heavy (non-hydrogen) atoms. The van der Waals surface area contributed by atoms with Crippen LogP contribution in [0, 0.1) is 0 Å². The number of ether oxygens (including phenoxy) is 1. The predicted molar refractivity (Wildman–Crippen MR) is 61.9 cm³/mol. The molecule has 0 amide bonds. The van der Waals surface area contributed by atoms with E-state index in [4.69, 9.17) is 4.74 Å². The van der Waals surface area contributed by atoms with Crippen molar-refractivity contribution >= 4 is 17.3 Å². The van der Waals surface area contributed by atoms with Gasteiger partial charge in [-0.15, -0.1) is 11.3 Å². The van der Waals surface area contributed by atoms with Gasteiger partial charge in [-0.05, 0) is 32.2 Å². The van der Waals surface area contributed by atoms with Crippen LogP contribution in [0.3, 0.4) is 0 Å². The maximum absolute atomic E-state index is 11.3. The molecule has 1 N–H and O–H groups in total. The lowest BCUT2D eigenvalue weighted by atomic mass is 10.1. The second-order valence-corrected chi connectivity index (χ2v) is 5.38. The summed E-state index contributed by atoms with van der Waals surface area (Å²) in [5.41, 5.74) is -0.0536. The Morgan fingerprint density at radius 1 is 1.53 bits per heavy atom. The molecule has 0 unspecified atom stereocenters. The van der Waals surface area contributed by atoms with Gasteiger partial charge in [0.1, 0.15) is 6.61 Å². The van der Waals surface area contributed by atoms with Crippen molar-refractivity contribution in [3.8, 4) is 0 Å². The lowest BCUT2D eigenvalue weighted by molar-refractivity contribution is -0.144. The molecule has 0 aliphatic heterocycles. The zero-order chi connectivity index (χ0) is 11.3. The number of thiophene rings is 1. The summed E-state index contributed by atoms with van der Waals surface area (Å²) in [6.45, 7) is 6.68. The van der Waals surface area contributed by atoms with Crippen molar-refractivity contribution < 1.29 is 9.53 Å². The van der Waals surface area contributed by atoms with Gasteiger partial charge in [-0.3, -0.25) is 4.79 Å². The summed E-state index contributed by atoms with van der Waals surface area (Å²) in [6, 6.07) is 3.90. The van der Waals surface area contributed by atoms with Gasteiger partial charge in [-0.1, -0.05) is 6.07 Å². The van der Waals surface area contributed by atoms with Crippen molar-refractivity contribution in [1.82, 2.24) is 5.32 Å². The van der Waals surface area contributed by atoms with E-state index in [1.165, 1.54) is 0 Å². The molecule has 0 aliphatic carbocycles. The smallest absolute Gasteiger partial charge is 0.320 e. The minimum atomic E-state index is -0.210. The van der Waals surface area contributed by atoms with Crippen LogP contribution in [-0.2, 0) is 16.1 Å². The van der Waals surface area contributed by atoms with Crippen molar-refractivity contribution in [2.75, 3.05) is 6.54 Å². The molecule has 0 saturated carbocycles. The van der Waals surface area contributed by atoms with E-state index >= 15 is 0 Å². The van der Waals surface area contributed by atoms with E-state index in [-0.39, 0.29) is 18.1 Å². The first-order valence-electron chi connectivity index (χ1n) is 4.90. The van der Waals surface area contributed by atoms with E-state index in [0.29, 0.717) is 6.61 Å². The zero-order valence-corrected chi connectivity index (χ0v) is 10.2. The standard InChI is InChI=1S/C11H17NO2S/c1-11(2,3)12-7-10(13)14-8-9-5-4-6-15-9/h4-6,12H,7-8H2,1-3H3. The highest BCUT2D eigenvalue weighted by Gasteiger charge is 2.11. The summed E-state index contributed by atoms with van der Waals surface area (Å²) in [5.74, 6) is -0.210. The maximum Gasteiger partial charge on any atom is 0.320 e. The molecule has 0 spiro atoms. The third kappa shape index (κ3) is 5.54. The molecule has 0 bridgehead atoms. The fraction of sp³-hybridized carbons (Fsp3) is 0.545. The number of carbonyl (C=O) groups excluding carboxylic acids is 1. The topological polar surface area (TPSA) is 38.3 Å². The Hall–Kier alpha value is -0.870. The molecule has 0 radical (unpaired) electrons. The zero-order valence-electron chi connectivity index (χ0n) is 9.37. The minimum Gasteiger partial charge on any atom is -0.459 e. The Bertz CT molecular complexity index is 301. The van der Waals surface area contributed by atoms with Crippen molar-refractivity contribution in [3.05, 3.63) is 22.4 Å². The summed E-state index contributed by atoms with van der Waals surface area (Å²) in [6.07, 6.45) is 0. The summed E-state index contributed by atoms with van der Waals surface area (Å²) in [7, 11) is 0. The van der Waals surface area contributed by atoms with E-state index in [1.807, 2.05) is 38.3 Å². The van der Waals surface area contributed by atoms with Crippen LogP contribution in [0.4, 0.5) is 0 Å². The molecular weight excluding hydrogens is 210 g/mol. The van der Waals surface area contributed by atoms with Gasteiger partial charge in [0, 0.05) is 10.4 Å². The first-order chi connectivity index (χ1) is 6.97. The third-order valence-electron chi connectivity index (χ3n) is 1.72. The van der Waals surface area contributed by atoms with Crippen LogP contribution in [-0.4, -0.2) is 18.1 Å². The van der Waals surface area contributed by atoms with Crippen molar-refractivity contribution in [3.63, 3.8) is 0 Å². The molecule has 84 valence electrons. The second kappa shape index (κ2) is 5.28. The molecule has 1 aromatic heterocycles. The lowest BCUT2D eigenvalue weighted by Crippen LogP contribution is -2.39. The van der Waals surface area contributed by atoms with Crippen LogP contribution in [0.5, 0.6) is 0 Å². The number of rotatable bonds is 4. The SMILES string of the molecule is CC(C)(C)NCC(=O)OCc1cccs1. The van der Waals surface area contributed by atoms with E-state index in [1.54, 1.807) is 11.3 Å². The van der Waals surface area contributed by atoms with Crippen LogP contribution in [0.2, 0.25) is 0 Å². The van der Waals surface area contributed by atoms with Crippen molar-refractivity contribution in [2.24, 2.45) is 0 Å². The molecule has 1 aromatic rings. The average molecular weight is 227 g/mol. The molecule has 0 aliphatic rings. The first-order valence-corrected chi connectivity index (χ1v) is 5.78. The Morgan fingerprint density at radius 2 is 2.27 bits per heavy atom. The Balaban J connectivity index is 2.20. The van der Waals surface area contributed by atoms with Gasteiger partial charge in [0.25, 0.3) is 0 Å². The van der Waals surface area contributed by atoms with E-state index in [0.717, 1.165) is 4.88 Å². The van der Waals surface area contributed by atoms with Gasteiger partial charge in [-0.25, -0.2) is 0 Å². The molecule has 0 aromatic carbocycles. The summed E-state index contributed by atoms with van der Waals surface area (Å²) in [4.78, 5) is 12.4. The summed E-state index contributed by atoms with van der Waals surface area (Å²) < 4.78 is 5.09. The lowest BCUT2D eigenvalue weighted by Gasteiger charge is -2.19. The van der Waals surface area contributed by atoms with Gasteiger partial charge < -0.3 is 10.1 Å². The van der Waals surface area contributed by atoms with Crippen molar-refractivity contribution in [1.29, 1.82) is 0 Å². The monoisotopic (exact) mass is 227 g/mol. The molecule has 3 nitrogen and oxygen atoms in total. The largest absolute Gasteiger partial charge is 0.459 e. The van der Waals surface area contributed by atoms with Gasteiger partial charge >= 0.3 is 5.97 Å². The molecule has 1 rings (SSSR count). The quantitative estimate of drug-likeness (QED) is 0.801. The van der Waals surface area contributed by atoms with Gasteiger partial charge in [0.15, 0.2) is 0 Å². The number of nitrogens with one attached hydrogen (secondary N) is 1. The molecule has 1 heterocycles. The van der Waals surface area contributed by atoms with Crippen LogP contribution in [0.25, 0.3) is 0 Å². The third-order valence-corrected chi connectivity index (χ3v) is 2.57. The molecule has 4 heteroatoms. The molecule has 0 saturated heterocycles. The van der Waals surface area contributed by atoms with Gasteiger partial charge in [0.2, 0.25) is 0 Å². The normalized spacial score (nSPS) is 11.4. The number of hydrogen-bond donors (Lipinski definition) is 1. The average Bonchev–Trinajstić information content (AvgIpc) is 2.62. The highest BCUT2D eigenvalue weighted by Crippen LogP contribution is 2.09. The molecule has 0 atom stereocenters. The van der Waals surface area contributed by atoms with Crippen molar-refractivity contribution in [2.45, 2.75) is 32.9 Å². The number of esters is 1. The fourth-order valence-electron chi connectivity index (χ4n) is 0.935. The summed E-state index contributed by atoms with van der Waals surface area (Å²) >= 11 is 1.59. The van der Waals surface area contributed by atoms with Crippen LogP contribution in [0.15, 0.2) is 17.5 Å². The van der Waals surface area contributed by atoms with E-state index in [9.17, 15) is 4.79 Å². The highest BCUT2D eigenvalue weighted by molar-refractivity contribution is 7.09. The Kier molecular flexibility index (Phi) is 4.29. The minimum absolute atomic E-state index is 0.0536. The molecule has 0 fully saturated rings. The second-order valence-electron chi connectivity index (χ2n) is 4.34. The van der Waals surface area contributed by atoms with Crippen LogP contribution >= 0.6 is 11.3 Å². The number of hydrogen-bond acceptors (Lipinski definition) is 4. The Morgan fingerprint density at radius 3 is 2.80 bits per heavy atom. The van der Waals surface area contributed by atoms with Crippen LogP contribution in [0.1, 0.15) is 25.6 Å². The highest BCUT2D eigenvalue weighted by atomic mass is 32.1. The van der Waals surface area contributed by atoms with Crippen LogP contribution < -0.4 is 5.32 Å². The van der Waals surface area contributed by atoms with Gasteiger partial charge in [-0.2, -0.15) is 0 Å². The van der Waals surface area contributed by atoms with E-state index < -0.39 is 0 Å². The van der Waals surface area contributed by atoms with E-state index in [2.05, 4.69) is 5.32 Å². The maximum atomic E-state index is 11.3. The van der Waals surface area contributed by atoms with Gasteiger partial charge in [0.05, 0.1) is 6.54 Å².